The molecule has 0 spiro atoms. The number of hydrogen-bond acceptors (Lipinski definition) is 8. The van der Waals surface area contributed by atoms with E-state index in [0.29, 0.717) is 0 Å². The molecule has 0 aromatic heterocycles. The molecule has 8 nitrogen and oxygen atoms in total. The molecule has 4 atom stereocenters. The van der Waals surface area contributed by atoms with Crippen LogP contribution in [0.15, 0.2) is 0 Å². The number of rotatable bonds is 3. The van der Waals surface area contributed by atoms with Gasteiger partial charge < -0.3 is 18.9 Å². The van der Waals surface area contributed by atoms with Gasteiger partial charge in [-0.25, -0.2) is 4.79 Å². The van der Waals surface area contributed by atoms with Crippen LogP contribution in [0.2, 0.25) is 0 Å². The number of esters is 4. The molecule has 0 unspecified atom stereocenters. The predicted octanol–water partition coefficient (Wildman–Crippen LogP) is -0.129. The van der Waals surface area contributed by atoms with Crippen molar-refractivity contribution in [2.75, 3.05) is 0 Å². The summed E-state index contributed by atoms with van der Waals surface area (Å²) in [5.74, 6) is -2.53. The smallest absolute Gasteiger partial charge is 0.351 e. The van der Waals surface area contributed by atoms with E-state index in [2.05, 4.69) is 0 Å². The molecule has 1 heterocycles. The summed E-state index contributed by atoms with van der Waals surface area (Å²) in [6, 6.07) is 0. The predicted molar refractivity (Wildman–Crippen MR) is 64.7 cm³/mol. The molecule has 0 N–H and O–H groups in total. The van der Waals surface area contributed by atoms with E-state index in [0.717, 1.165) is 0 Å². The fourth-order valence-corrected chi connectivity index (χ4v) is 2.79. The van der Waals surface area contributed by atoms with E-state index in [-0.39, 0.29) is 12.8 Å². The molecule has 21 heavy (non-hydrogen) atoms. The highest BCUT2D eigenvalue weighted by atomic mass is 16.6. The number of fused-ring (bicyclic) bond motifs is 2. The summed E-state index contributed by atoms with van der Waals surface area (Å²) < 4.78 is 20.4. The van der Waals surface area contributed by atoms with Crippen molar-refractivity contribution in [3.8, 4) is 0 Å². The molecule has 2 aliphatic rings. The number of hydrogen-bond donors (Lipinski definition) is 0. The van der Waals surface area contributed by atoms with Gasteiger partial charge in [0.05, 0.1) is 0 Å². The number of ether oxygens (including phenoxy) is 4. The quantitative estimate of drug-likeness (QED) is 0.524. The van der Waals surface area contributed by atoms with Gasteiger partial charge in [-0.15, -0.1) is 0 Å². The Morgan fingerprint density at radius 3 is 2.19 bits per heavy atom. The molecule has 2 bridgehead atoms. The van der Waals surface area contributed by atoms with Gasteiger partial charge in [-0.1, -0.05) is 0 Å². The zero-order chi connectivity index (χ0) is 15.8. The Bertz CT molecular complexity index is 498. The first-order chi connectivity index (χ1) is 9.73. The maximum absolute atomic E-state index is 12.0. The Balaban J connectivity index is 2.28. The van der Waals surface area contributed by atoms with Crippen molar-refractivity contribution >= 4 is 23.9 Å². The second-order valence-corrected chi connectivity index (χ2v) is 5.16. The minimum absolute atomic E-state index is 0.0706. The molecule has 1 saturated heterocycles. The Morgan fingerprint density at radius 1 is 1.05 bits per heavy atom. The highest BCUT2D eigenvalue weighted by Crippen LogP contribution is 2.43. The minimum Gasteiger partial charge on any atom is -0.458 e. The summed E-state index contributed by atoms with van der Waals surface area (Å²) in [6.07, 6.45) is -2.64. The van der Waals surface area contributed by atoms with Gasteiger partial charge in [0.15, 0.2) is 6.10 Å². The average Bonchev–Trinajstić information content (AvgIpc) is 2.56. The van der Waals surface area contributed by atoms with Gasteiger partial charge in [-0.2, -0.15) is 0 Å². The highest BCUT2D eigenvalue weighted by Gasteiger charge is 2.63. The lowest BCUT2D eigenvalue weighted by Crippen LogP contribution is -2.53. The van der Waals surface area contributed by atoms with Crippen LogP contribution in [0.1, 0.15) is 33.6 Å². The van der Waals surface area contributed by atoms with Crippen LogP contribution in [0.3, 0.4) is 0 Å². The first-order valence-corrected chi connectivity index (χ1v) is 6.48. The van der Waals surface area contributed by atoms with Crippen LogP contribution in [-0.2, 0) is 38.1 Å². The third-order valence-electron chi connectivity index (χ3n) is 3.38. The molecule has 0 aromatic rings. The van der Waals surface area contributed by atoms with Crippen LogP contribution in [0.25, 0.3) is 0 Å². The fraction of sp³-hybridized carbons (Fsp3) is 0.692. The lowest BCUT2D eigenvalue weighted by molar-refractivity contribution is -0.187. The van der Waals surface area contributed by atoms with E-state index in [1.54, 1.807) is 0 Å². The molecule has 1 aliphatic carbocycles. The van der Waals surface area contributed by atoms with E-state index in [1.807, 2.05) is 0 Å². The van der Waals surface area contributed by atoms with E-state index >= 15 is 0 Å². The second-order valence-electron chi connectivity index (χ2n) is 5.16. The Morgan fingerprint density at radius 2 is 1.67 bits per heavy atom. The normalized spacial score (nSPS) is 33.9. The van der Waals surface area contributed by atoms with Crippen molar-refractivity contribution in [1.29, 1.82) is 0 Å². The van der Waals surface area contributed by atoms with Crippen LogP contribution < -0.4 is 0 Å². The Hall–Kier alpha value is -2.12. The van der Waals surface area contributed by atoms with Crippen LogP contribution in [-0.4, -0.2) is 47.8 Å². The number of carbonyl (C=O) groups is 4. The first kappa shape index (κ1) is 15.3. The third kappa shape index (κ3) is 2.98. The SMILES string of the molecule is CC(=O)O[C@@H]1[C@@H]2C[C@](OC(C)=O)(C[C@H]1OC(C)=O)C(=O)O2. The van der Waals surface area contributed by atoms with Gasteiger partial charge in [0.25, 0.3) is 0 Å². The molecular formula is C13H16O8. The molecule has 116 valence electrons. The second kappa shape index (κ2) is 5.34. The van der Waals surface area contributed by atoms with Crippen molar-refractivity contribution in [3.63, 3.8) is 0 Å². The monoisotopic (exact) mass is 300 g/mol. The third-order valence-corrected chi connectivity index (χ3v) is 3.38. The average molecular weight is 300 g/mol. The maximum atomic E-state index is 12.0. The summed E-state index contributed by atoms with van der Waals surface area (Å²) in [5, 5.41) is 0. The Labute approximate surface area is 120 Å². The van der Waals surface area contributed by atoms with Crippen molar-refractivity contribution < 1.29 is 38.1 Å². The van der Waals surface area contributed by atoms with Crippen molar-refractivity contribution in [2.45, 2.75) is 57.5 Å². The van der Waals surface area contributed by atoms with Gasteiger partial charge in [0.2, 0.25) is 5.60 Å². The fourth-order valence-electron chi connectivity index (χ4n) is 2.79. The maximum Gasteiger partial charge on any atom is 0.351 e. The summed E-state index contributed by atoms with van der Waals surface area (Å²) in [4.78, 5) is 45.6. The van der Waals surface area contributed by atoms with Crippen LogP contribution >= 0.6 is 0 Å². The Kier molecular flexibility index (Phi) is 3.89. The van der Waals surface area contributed by atoms with Crippen molar-refractivity contribution in [3.05, 3.63) is 0 Å². The van der Waals surface area contributed by atoms with Gasteiger partial charge >= 0.3 is 23.9 Å². The molecule has 2 fully saturated rings. The van der Waals surface area contributed by atoms with E-state index in [4.69, 9.17) is 18.9 Å². The van der Waals surface area contributed by atoms with E-state index < -0.39 is 47.8 Å². The van der Waals surface area contributed by atoms with Gasteiger partial charge in [-0.3, -0.25) is 14.4 Å². The summed E-state index contributed by atoms with van der Waals surface area (Å²) in [6.45, 7) is 3.58. The molecule has 2 rings (SSSR count). The molecular weight excluding hydrogens is 284 g/mol. The topological polar surface area (TPSA) is 105 Å². The molecule has 0 amide bonds. The van der Waals surface area contributed by atoms with Gasteiger partial charge in [-0.05, 0) is 0 Å². The summed E-state index contributed by atoms with van der Waals surface area (Å²) in [5.41, 5.74) is -1.48. The van der Waals surface area contributed by atoms with E-state index in [9.17, 15) is 19.2 Å². The first-order valence-electron chi connectivity index (χ1n) is 6.48. The summed E-state index contributed by atoms with van der Waals surface area (Å²) >= 11 is 0. The standard InChI is InChI=1S/C13H16O8/c1-6(14)18-9-4-13(21-8(3)16)5-10(20-12(13)17)11(9)19-7(2)15/h9-11H,4-5H2,1-3H3/t9-,10+,11+,13-/m1/s1. The van der Waals surface area contributed by atoms with Gasteiger partial charge in [0.1, 0.15) is 12.2 Å². The molecule has 0 radical (unpaired) electrons. The zero-order valence-corrected chi connectivity index (χ0v) is 11.9. The van der Waals surface area contributed by atoms with Crippen LogP contribution in [0.5, 0.6) is 0 Å². The molecule has 0 aromatic carbocycles. The highest BCUT2D eigenvalue weighted by molar-refractivity contribution is 5.85. The molecule has 8 heteroatoms. The lowest BCUT2D eigenvalue weighted by atomic mass is 9.81. The van der Waals surface area contributed by atoms with Crippen LogP contribution in [0, 0.1) is 0 Å². The van der Waals surface area contributed by atoms with Gasteiger partial charge in [0, 0.05) is 33.6 Å². The molecule has 1 saturated carbocycles. The van der Waals surface area contributed by atoms with Crippen LogP contribution in [0.4, 0.5) is 0 Å². The number of carbonyl (C=O) groups excluding carboxylic acids is 4. The molecule has 1 aliphatic heterocycles. The largest absolute Gasteiger partial charge is 0.458 e. The summed E-state index contributed by atoms with van der Waals surface area (Å²) in [7, 11) is 0. The van der Waals surface area contributed by atoms with Crippen molar-refractivity contribution in [2.24, 2.45) is 0 Å². The van der Waals surface area contributed by atoms with E-state index in [1.165, 1.54) is 20.8 Å². The minimum atomic E-state index is -1.48. The lowest BCUT2D eigenvalue weighted by Gasteiger charge is -2.36. The zero-order valence-electron chi connectivity index (χ0n) is 11.9. The van der Waals surface area contributed by atoms with Crippen molar-refractivity contribution in [1.82, 2.24) is 0 Å².